The van der Waals surface area contributed by atoms with Gasteiger partial charge in [0.05, 0.1) is 10.4 Å². The molecule has 0 N–H and O–H groups in total. The molecule has 0 bridgehead atoms. The summed E-state index contributed by atoms with van der Waals surface area (Å²) in [5, 5.41) is 0.295. The van der Waals surface area contributed by atoms with E-state index in [1.807, 2.05) is 44.2 Å². The number of rotatable bonds is 5. The lowest BCUT2D eigenvalue weighted by molar-refractivity contribution is 0.0872. The highest BCUT2D eigenvalue weighted by Gasteiger charge is 2.38. The molecule has 2 rings (SSSR count). The molecule has 0 amide bonds. The van der Waals surface area contributed by atoms with E-state index in [0.717, 1.165) is 5.56 Å². The predicted molar refractivity (Wildman–Crippen MR) is 84.4 cm³/mol. The maximum Gasteiger partial charge on any atom is 0.174 e. The number of carbonyl (C=O) groups is 1. The number of benzene rings is 2. The van der Waals surface area contributed by atoms with Crippen molar-refractivity contribution in [1.29, 1.82) is 0 Å². The van der Waals surface area contributed by atoms with Gasteiger partial charge in [0.25, 0.3) is 0 Å². The van der Waals surface area contributed by atoms with Crippen LogP contribution in [0.15, 0.2) is 48.5 Å². The zero-order valence-corrected chi connectivity index (χ0v) is 13.0. The second kappa shape index (κ2) is 6.40. The monoisotopic (exact) mass is 304 g/mol. The molecule has 0 atom stereocenters. The fraction of sp³-hybridized carbons (Fsp3) is 0.278. The SMILES string of the molecule is CCC(CC)(C(=O)c1cc(F)ccc1Cl)c1ccccc1. The minimum Gasteiger partial charge on any atom is -0.293 e. The molecule has 0 unspecified atom stereocenters. The highest BCUT2D eigenvalue weighted by atomic mass is 35.5. The molecule has 0 aliphatic carbocycles. The van der Waals surface area contributed by atoms with Crippen molar-refractivity contribution in [2.45, 2.75) is 32.1 Å². The Kier molecular flexibility index (Phi) is 4.79. The Bertz CT molecular complexity index is 633. The third kappa shape index (κ3) is 2.86. The van der Waals surface area contributed by atoms with Gasteiger partial charge in [-0.05, 0) is 36.6 Å². The molecule has 3 heteroatoms. The molecule has 0 saturated carbocycles. The van der Waals surface area contributed by atoms with E-state index >= 15 is 0 Å². The van der Waals surface area contributed by atoms with E-state index in [-0.39, 0.29) is 11.3 Å². The van der Waals surface area contributed by atoms with Gasteiger partial charge >= 0.3 is 0 Å². The van der Waals surface area contributed by atoms with Crippen molar-refractivity contribution >= 4 is 17.4 Å². The van der Waals surface area contributed by atoms with E-state index in [4.69, 9.17) is 11.6 Å². The van der Waals surface area contributed by atoms with E-state index in [9.17, 15) is 9.18 Å². The van der Waals surface area contributed by atoms with Crippen molar-refractivity contribution in [3.8, 4) is 0 Å². The zero-order valence-electron chi connectivity index (χ0n) is 12.2. The van der Waals surface area contributed by atoms with Crippen LogP contribution in [0, 0.1) is 5.82 Å². The molecular formula is C18H18ClFO. The Labute approximate surface area is 129 Å². The number of Topliss-reactive ketones (excluding diaryl/α,β-unsaturated/α-hetero) is 1. The van der Waals surface area contributed by atoms with Gasteiger partial charge in [0.15, 0.2) is 5.78 Å². The summed E-state index contributed by atoms with van der Waals surface area (Å²) in [6.07, 6.45) is 1.28. The molecule has 0 radical (unpaired) electrons. The number of hydrogen-bond donors (Lipinski definition) is 0. The van der Waals surface area contributed by atoms with Crippen molar-refractivity contribution in [2.24, 2.45) is 0 Å². The Morgan fingerprint density at radius 2 is 1.71 bits per heavy atom. The van der Waals surface area contributed by atoms with Gasteiger partial charge in [-0.2, -0.15) is 0 Å². The first-order valence-corrected chi connectivity index (χ1v) is 7.48. The second-order valence-corrected chi connectivity index (χ2v) is 5.52. The molecule has 0 aliphatic heterocycles. The number of hydrogen-bond acceptors (Lipinski definition) is 1. The lowest BCUT2D eigenvalue weighted by atomic mass is 9.70. The van der Waals surface area contributed by atoms with Crippen molar-refractivity contribution < 1.29 is 9.18 Å². The third-order valence-electron chi connectivity index (χ3n) is 4.14. The molecule has 0 fully saturated rings. The van der Waals surface area contributed by atoms with Gasteiger partial charge < -0.3 is 0 Å². The largest absolute Gasteiger partial charge is 0.293 e. The zero-order chi connectivity index (χ0) is 15.5. The van der Waals surface area contributed by atoms with E-state index in [1.165, 1.54) is 18.2 Å². The summed E-state index contributed by atoms with van der Waals surface area (Å²) in [6, 6.07) is 13.6. The van der Waals surface area contributed by atoms with Crippen molar-refractivity contribution in [2.75, 3.05) is 0 Å². The van der Waals surface area contributed by atoms with Crippen LogP contribution in [0.3, 0.4) is 0 Å². The third-order valence-corrected chi connectivity index (χ3v) is 4.47. The first-order valence-electron chi connectivity index (χ1n) is 7.10. The number of halogens is 2. The summed E-state index contributed by atoms with van der Waals surface area (Å²) < 4.78 is 13.5. The second-order valence-electron chi connectivity index (χ2n) is 5.11. The summed E-state index contributed by atoms with van der Waals surface area (Å²) in [5.41, 5.74) is 0.531. The minimum absolute atomic E-state index is 0.122. The fourth-order valence-electron chi connectivity index (χ4n) is 2.80. The average molecular weight is 305 g/mol. The summed E-state index contributed by atoms with van der Waals surface area (Å²) in [5.74, 6) is -0.569. The van der Waals surface area contributed by atoms with Crippen molar-refractivity contribution in [1.82, 2.24) is 0 Å². The van der Waals surface area contributed by atoms with Crippen LogP contribution >= 0.6 is 11.6 Å². The van der Waals surface area contributed by atoms with Crippen molar-refractivity contribution in [3.63, 3.8) is 0 Å². The highest BCUT2D eigenvalue weighted by molar-refractivity contribution is 6.34. The van der Waals surface area contributed by atoms with Gasteiger partial charge in [-0.15, -0.1) is 0 Å². The normalized spacial score (nSPS) is 11.4. The molecule has 0 heterocycles. The van der Waals surface area contributed by atoms with Crippen LogP contribution in [0.5, 0.6) is 0 Å². The summed E-state index contributed by atoms with van der Waals surface area (Å²) in [7, 11) is 0. The Hall–Kier alpha value is -1.67. The van der Waals surface area contributed by atoms with Gasteiger partial charge in [0, 0.05) is 5.56 Å². The molecule has 0 aromatic heterocycles. The molecule has 2 aromatic rings. The molecule has 110 valence electrons. The Morgan fingerprint density at radius 1 is 1.10 bits per heavy atom. The molecule has 2 aromatic carbocycles. The lowest BCUT2D eigenvalue weighted by Gasteiger charge is -2.31. The van der Waals surface area contributed by atoms with Gasteiger partial charge in [-0.3, -0.25) is 4.79 Å². The smallest absolute Gasteiger partial charge is 0.174 e. The average Bonchev–Trinajstić information content (AvgIpc) is 2.52. The van der Waals surface area contributed by atoms with E-state index < -0.39 is 11.2 Å². The van der Waals surface area contributed by atoms with Gasteiger partial charge in [0.2, 0.25) is 0 Å². The topological polar surface area (TPSA) is 17.1 Å². The van der Waals surface area contributed by atoms with Crippen LogP contribution < -0.4 is 0 Å². The van der Waals surface area contributed by atoms with Gasteiger partial charge in [-0.1, -0.05) is 55.8 Å². The van der Waals surface area contributed by atoms with Crippen LogP contribution in [0.25, 0.3) is 0 Å². The van der Waals surface area contributed by atoms with E-state index in [2.05, 4.69) is 0 Å². The van der Waals surface area contributed by atoms with Gasteiger partial charge in [-0.25, -0.2) is 4.39 Å². The highest BCUT2D eigenvalue weighted by Crippen LogP contribution is 2.37. The summed E-state index contributed by atoms with van der Waals surface area (Å²) in [4.78, 5) is 13.1. The quantitative estimate of drug-likeness (QED) is 0.674. The first kappa shape index (κ1) is 15.7. The summed E-state index contributed by atoms with van der Waals surface area (Å²) in [6.45, 7) is 3.95. The first-order chi connectivity index (χ1) is 10.0. The Balaban J connectivity index is 2.57. The molecule has 0 aliphatic rings. The lowest BCUT2D eigenvalue weighted by Crippen LogP contribution is -2.35. The maximum atomic E-state index is 13.5. The Morgan fingerprint density at radius 3 is 2.29 bits per heavy atom. The van der Waals surface area contributed by atoms with Crippen LogP contribution in [0.4, 0.5) is 4.39 Å². The molecule has 1 nitrogen and oxygen atoms in total. The fourth-order valence-corrected chi connectivity index (χ4v) is 3.00. The van der Waals surface area contributed by atoms with Crippen molar-refractivity contribution in [3.05, 3.63) is 70.5 Å². The number of ketones is 1. The summed E-state index contributed by atoms with van der Waals surface area (Å²) >= 11 is 6.11. The minimum atomic E-state index is -0.668. The maximum absolute atomic E-state index is 13.5. The van der Waals surface area contributed by atoms with E-state index in [1.54, 1.807) is 0 Å². The van der Waals surface area contributed by atoms with Gasteiger partial charge in [0.1, 0.15) is 5.82 Å². The van der Waals surface area contributed by atoms with E-state index in [0.29, 0.717) is 17.9 Å². The molecule has 0 saturated heterocycles. The van der Waals surface area contributed by atoms with Crippen LogP contribution in [-0.4, -0.2) is 5.78 Å². The standard InChI is InChI=1S/C18H18ClFO/c1-3-18(4-2,13-8-6-5-7-9-13)17(21)15-12-14(20)10-11-16(15)19/h5-12H,3-4H2,1-2H3. The molecular weight excluding hydrogens is 287 g/mol. The molecule has 21 heavy (non-hydrogen) atoms. The number of carbonyl (C=O) groups excluding carboxylic acids is 1. The predicted octanol–water partition coefficient (Wildman–Crippen LogP) is 5.42. The van der Waals surface area contributed by atoms with Crippen LogP contribution in [-0.2, 0) is 5.41 Å². The van der Waals surface area contributed by atoms with Crippen LogP contribution in [0.1, 0.15) is 42.6 Å². The van der Waals surface area contributed by atoms with Crippen LogP contribution in [0.2, 0.25) is 5.02 Å². The molecule has 0 spiro atoms.